The molecule has 2 atom stereocenters. The maximum absolute atomic E-state index is 11.2. The van der Waals surface area contributed by atoms with E-state index < -0.39 is 18.7 Å². The monoisotopic (exact) mass is 214 g/mol. The smallest absolute Gasteiger partial charge is 0.171 e. The SMILES string of the molecule is CC(C)SS(=O)S(=O)C(C)C. The highest BCUT2D eigenvalue weighted by molar-refractivity contribution is 8.98. The van der Waals surface area contributed by atoms with Gasteiger partial charge in [-0.3, -0.25) is 0 Å². The molecule has 0 heterocycles. The lowest BCUT2D eigenvalue weighted by atomic mass is 10.6. The van der Waals surface area contributed by atoms with Gasteiger partial charge in [0, 0.05) is 10.5 Å². The van der Waals surface area contributed by atoms with Crippen LogP contribution < -0.4 is 0 Å². The van der Waals surface area contributed by atoms with Crippen LogP contribution in [0.25, 0.3) is 0 Å². The lowest BCUT2D eigenvalue weighted by Crippen LogP contribution is -2.10. The van der Waals surface area contributed by atoms with Crippen molar-refractivity contribution in [3.8, 4) is 0 Å². The molecule has 0 N–H and O–H groups in total. The summed E-state index contributed by atoms with van der Waals surface area (Å²) in [5.74, 6) is 0. The molecule has 0 bridgehead atoms. The van der Waals surface area contributed by atoms with E-state index in [1.807, 2.05) is 27.7 Å². The van der Waals surface area contributed by atoms with Crippen LogP contribution in [0, 0.1) is 0 Å². The van der Waals surface area contributed by atoms with Gasteiger partial charge in [-0.05, 0) is 10.8 Å². The molecule has 0 aliphatic carbocycles. The Morgan fingerprint density at radius 1 is 1.09 bits per heavy atom. The largest absolute Gasteiger partial charge is 0.244 e. The van der Waals surface area contributed by atoms with Gasteiger partial charge in [0.1, 0.15) is 9.83 Å². The average molecular weight is 214 g/mol. The lowest BCUT2D eigenvalue weighted by molar-refractivity contribution is 0.677. The molecule has 0 saturated heterocycles. The molecule has 68 valence electrons. The van der Waals surface area contributed by atoms with Crippen molar-refractivity contribution in [2.45, 2.75) is 38.2 Å². The minimum absolute atomic E-state index is 0.0120. The van der Waals surface area contributed by atoms with Crippen LogP contribution in [-0.2, 0) is 18.7 Å². The van der Waals surface area contributed by atoms with Gasteiger partial charge in [0.25, 0.3) is 0 Å². The highest BCUT2D eigenvalue weighted by Gasteiger charge is 2.15. The zero-order chi connectivity index (χ0) is 9.02. The van der Waals surface area contributed by atoms with E-state index in [2.05, 4.69) is 0 Å². The summed E-state index contributed by atoms with van der Waals surface area (Å²) in [6, 6.07) is 0. The molecule has 0 aromatic heterocycles. The van der Waals surface area contributed by atoms with E-state index in [1.165, 1.54) is 10.8 Å². The molecule has 2 unspecified atom stereocenters. The Balaban J connectivity index is 3.94. The predicted molar refractivity (Wildman–Crippen MR) is 54.1 cm³/mol. The minimum Gasteiger partial charge on any atom is -0.244 e. The molecule has 0 radical (unpaired) electrons. The Morgan fingerprint density at radius 3 is 1.82 bits per heavy atom. The minimum atomic E-state index is -1.24. The van der Waals surface area contributed by atoms with Crippen molar-refractivity contribution in [1.29, 1.82) is 0 Å². The highest BCUT2D eigenvalue weighted by atomic mass is 33.5. The molecule has 11 heavy (non-hydrogen) atoms. The van der Waals surface area contributed by atoms with Gasteiger partial charge >= 0.3 is 0 Å². The number of hydrogen-bond acceptors (Lipinski definition) is 3. The molecule has 2 nitrogen and oxygen atoms in total. The van der Waals surface area contributed by atoms with Crippen molar-refractivity contribution in [2.24, 2.45) is 0 Å². The Labute approximate surface area is 76.2 Å². The molecule has 0 aliphatic heterocycles. The topological polar surface area (TPSA) is 34.1 Å². The van der Waals surface area contributed by atoms with Crippen molar-refractivity contribution in [3.05, 3.63) is 0 Å². The van der Waals surface area contributed by atoms with Crippen LogP contribution in [0.3, 0.4) is 0 Å². The molecule has 0 aromatic carbocycles. The second-order valence-corrected chi connectivity index (χ2v) is 9.68. The normalized spacial score (nSPS) is 17.3. The predicted octanol–water partition coefficient (Wildman–Crippen LogP) is 1.86. The Morgan fingerprint density at radius 2 is 1.55 bits per heavy atom. The van der Waals surface area contributed by atoms with Crippen molar-refractivity contribution < 1.29 is 8.42 Å². The zero-order valence-electron chi connectivity index (χ0n) is 7.20. The van der Waals surface area contributed by atoms with Gasteiger partial charge in [-0.2, -0.15) is 0 Å². The summed E-state index contributed by atoms with van der Waals surface area (Å²) in [5, 5.41) is 0.264. The van der Waals surface area contributed by atoms with Gasteiger partial charge in [-0.15, -0.1) is 0 Å². The van der Waals surface area contributed by atoms with Crippen LogP contribution in [0.5, 0.6) is 0 Å². The standard InChI is InChI=1S/C6H14O2S3/c1-5(2)9-11(8)10(7)6(3)4/h5-6H,1-4H3. The van der Waals surface area contributed by atoms with Gasteiger partial charge in [-0.25, -0.2) is 8.42 Å². The third-order valence-corrected chi connectivity index (χ3v) is 7.87. The van der Waals surface area contributed by atoms with Gasteiger partial charge in [0.15, 0.2) is 8.86 Å². The first-order valence-corrected chi connectivity index (χ1v) is 7.72. The second-order valence-electron chi connectivity index (χ2n) is 2.66. The van der Waals surface area contributed by atoms with Gasteiger partial charge in [0.05, 0.1) is 0 Å². The fourth-order valence-electron chi connectivity index (χ4n) is 0.353. The van der Waals surface area contributed by atoms with E-state index in [0.717, 1.165) is 0 Å². The molecule has 0 saturated carbocycles. The van der Waals surface area contributed by atoms with E-state index in [4.69, 9.17) is 0 Å². The van der Waals surface area contributed by atoms with Crippen molar-refractivity contribution >= 4 is 29.5 Å². The van der Waals surface area contributed by atoms with Crippen molar-refractivity contribution in [1.82, 2.24) is 0 Å². The van der Waals surface area contributed by atoms with Gasteiger partial charge in [-0.1, -0.05) is 27.7 Å². The van der Waals surface area contributed by atoms with Gasteiger partial charge < -0.3 is 0 Å². The summed E-state index contributed by atoms with van der Waals surface area (Å²) in [4.78, 5) is 0. The van der Waals surface area contributed by atoms with E-state index in [-0.39, 0.29) is 10.5 Å². The molecule has 0 rings (SSSR count). The first kappa shape index (κ1) is 11.6. The van der Waals surface area contributed by atoms with E-state index >= 15 is 0 Å². The third-order valence-electron chi connectivity index (χ3n) is 0.790. The van der Waals surface area contributed by atoms with Crippen LogP contribution >= 0.6 is 10.8 Å². The molecular formula is C6H14O2S3. The summed E-state index contributed by atoms with van der Waals surface area (Å²) in [7, 11) is -1.18. The van der Waals surface area contributed by atoms with Crippen LogP contribution in [-0.4, -0.2) is 18.9 Å². The fraction of sp³-hybridized carbons (Fsp3) is 1.00. The highest BCUT2D eigenvalue weighted by Crippen LogP contribution is 2.19. The average Bonchev–Trinajstić information content (AvgIpc) is 1.84. The Hall–Kier alpha value is 0.650. The molecule has 0 fully saturated rings. The fourth-order valence-corrected chi connectivity index (χ4v) is 6.70. The summed E-state index contributed by atoms with van der Waals surface area (Å²) in [5.41, 5.74) is 0. The van der Waals surface area contributed by atoms with Crippen molar-refractivity contribution in [3.63, 3.8) is 0 Å². The van der Waals surface area contributed by atoms with Crippen LogP contribution in [0.1, 0.15) is 27.7 Å². The quantitative estimate of drug-likeness (QED) is 0.670. The second kappa shape index (κ2) is 5.32. The summed E-state index contributed by atoms with van der Waals surface area (Å²) >= 11 is 0. The van der Waals surface area contributed by atoms with E-state index in [9.17, 15) is 8.42 Å². The van der Waals surface area contributed by atoms with E-state index in [0.29, 0.717) is 0 Å². The summed E-state index contributed by atoms with van der Waals surface area (Å²) in [6.45, 7) is 7.52. The number of rotatable bonds is 4. The Bertz CT molecular complexity index is 165. The van der Waals surface area contributed by atoms with Crippen LogP contribution in [0.4, 0.5) is 0 Å². The summed E-state index contributed by atoms with van der Waals surface area (Å²) < 4.78 is 22.3. The molecule has 0 aromatic rings. The lowest BCUT2D eigenvalue weighted by Gasteiger charge is -2.05. The van der Waals surface area contributed by atoms with Crippen molar-refractivity contribution in [2.75, 3.05) is 0 Å². The molecule has 0 spiro atoms. The molecule has 0 aliphatic rings. The molecular weight excluding hydrogens is 200 g/mol. The van der Waals surface area contributed by atoms with Crippen LogP contribution in [0.15, 0.2) is 0 Å². The molecule has 0 amide bonds. The maximum atomic E-state index is 11.2. The van der Waals surface area contributed by atoms with Crippen LogP contribution in [0.2, 0.25) is 0 Å². The summed E-state index contributed by atoms with van der Waals surface area (Å²) in [6.07, 6.45) is 0. The van der Waals surface area contributed by atoms with E-state index in [1.54, 1.807) is 0 Å². The van der Waals surface area contributed by atoms with Gasteiger partial charge in [0.2, 0.25) is 0 Å². The third kappa shape index (κ3) is 4.98. The Kier molecular flexibility index (Phi) is 5.64. The zero-order valence-corrected chi connectivity index (χ0v) is 9.65. The molecule has 5 heteroatoms. The maximum Gasteiger partial charge on any atom is 0.171 e. The first-order valence-electron chi connectivity index (χ1n) is 3.45. The first-order chi connectivity index (χ1) is 4.95. The number of hydrogen-bond donors (Lipinski definition) is 0.